The molecule has 2 fully saturated rings. The van der Waals surface area contributed by atoms with Crippen LogP contribution in [0.2, 0.25) is 0 Å². The zero-order chi connectivity index (χ0) is 33.7. The molecule has 0 spiro atoms. The van der Waals surface area contributed by atoms with Crippen molar-refractivity contribution in [2.75, 3.05) is 48.4 Å². The lowest BCUT2D eigenvalue weighted by Gasteiger charge is -2.30. The van der Waals surface area contributed by atoms with Gasteiger partial charge in [-0.05, 0) is 75.4 Å². The van der Waals surface area contributed by atoms with Crippen LogP contribution in [-0.4, -0.2) is 68.1 Å². The third-order valence-electron chi connectivity index (χ3n) is 8.28. The number of rotatable bonds is 12. The van der Waals surface area contributed by atoms with Gasteiger partial charge in [-0.15, -0.1) is 0 Å². The van der Waals surface area contributed by atoms with Crippen molar-refractivity contribution < 1.29 is 17.9 Å². The average Bonchev–Trinajstić information content (AvgIpc) is 3.06. The van der Waals surface area contributed by atoms with Crippen LogP contribution in [0.15, 0.2) is 48.7 Å². The van der Waals surface area contributed by atoms with Crippen molar-refractivity contribution in [3.63, 3.8) is 0 Å². The van der Waals surface area contributed by atoms with Crippen molar-refractivity contribution in [2.45, 2.75) is 77.5 Å². The predicted molar refractivity (Wildman–Crippen MR) is 185 cm³/mol. The van der Waals surface area contributed by atoms with Crippen LogP contribution in [0.3, 0.4) is 0 Å². The van der Waals surface area contributed by atoms with E-state index < -0.39 is 10.0 Å². The van der Waals surface area contributed by atoms with Crippen LogP contribution < -0.4 is 21.1 Å². The van der Waals surface area contributed by atoms with Gasteiger partial charge in [0.2, 0.25) is 10.0 Å². The molecule has 12 nitrogen and oxygen atoms in total. The number of nitrogen functional groups attached to an aromatic ring is 1. The zero-order valence-corrected chi connectivity index (χ0v) is 28.5. The molecular formula is C34H48N8O4S. The van der Waals surface area contributed by atoms with Crippen molar-refractivity contribution in [3.8, 4) is 17.3 Å². The monoisotopic (exact) mass is 664 g/mol. The largest absolute Gasteiger partial charge is 0.384 e. The number of sulfonamides is 1. The lowest BCUT2D eigenvalue weighted by molar-refractivity contribution is 0.0455. The number of hydrogen-bond donors (Lipinski definition) is 4. The van der Waals surface area contributed by atoms with Gasteiger partial charge in [-0.25, -0.2) is 23.4 Å². The lowest BCUT2D eigenvalue weighted by atomic mass is 9.82. The third-order valence-corrected chi connectivity index (χ3v) is 8.86. The SMILES string of the molecule is C[C@H](COCc1cccc(NS(C)(=O)=O)n1)NC1CCCCC1.Cc1cnc(N)cc1-c1cccc(NCC2(C#N)CCOCC2)n1. The van der Waals surface area contributed by atoms with Gasteiger partial charge >= 0.3 is 0 Å². The maximum atomic E-state index is 11.2. The molecule has 47 heavy (non-hydrogen) atoms. The number of aryl methyl sites for hydroxylation is 1. The molecule has 0 unspecified atom stereocenters. The fourth-order valence-corrected chi connectivity index (χ4v) is 6.21. The molecule has 0 aromatic carbocycles. The molecule has 1 aliphatic carbocycles. The summed E-state index contributed by atoms with van der Waals surface area (Å²) in [5, 5.41) is 16.5. The first kappa shape index (κ1) is 36.0. The maximum Gasteiger partial charge on any atom is 0.230 e. The summed E-state index contributed by atoms with van der Waals surface area (Å²) in [6.45, 7) is 6.94. The molecule has 4 heterocycles. The highest BCUT2D eigenvalue weighted by Gasteiger charge is 2.32. The molecule has 1 saturated carbocycles. The topological polar surface area (TPSA) is 177 Å². The normalized spacial score (nSPS) is 17.1. The number of aromatic nitrogens is 3. The first-order valence-corrected chi connectivity index (χ1v) is 18.1. The molecule has 0 bridgehead atoms. The van der Waals surface area contributed by atoms with Crippen LogP contribution in [0.25, 0.3) is 11.3 Å². The van der Waals surface area contributed by atoms with E-state index in [0.29, 0.717) is 62.4 Å². The Labute approximate surface area is 279 Å². The standard InChI is InChI=1S/C18H21N5O.C16H27N3O3S/c1-13-10-21-16(20)9-14(13)15-3-2-4-17(23-15)22-12-18(11-19)5-7-24-8-6-18;1-13(17-14-7-4-3-5-8-14)11-22-12-15-9-6-10-16(18-15)19-23(2,20)21/h2-4,9-10H,5-8,12H2,1H3,(H2,20,21)(H,22,23);6,9-10,13-14,17H,3-5,7-8,11-12H2,1-2H3,(H,18,19)/t;13-/m.1/s1. The Kier molecular flexibility index (Phi) is 13.3. The van der Waals surface area contributed by atoms with E-state index in [1.807, 2.05) is 37.3 Å². The summed E-state index contributed by atoms with van der Waals surface area (Å²) in [5.74, 6) is 1.55. The van der Waals surface area contributed by atoms with Crippen LogP contribution >= 0.6 is 0 Å². The van der Waals surface area contributed by atoms with Gasteiger partial charge in [-0.3, -0.25) is 4.72 Å². The van der Waals surface area contributed by atoms with Crippen molar-refractivity contribution in [1.82, 2.24) is 20.3 Å². The Hall–Kier alpha value is -3.83. The number of nitrogens with one attached hydrogen (secondary N) is 3. The Balaban J connectivity index is 0.000000213. The van der Waals surface area contributed by atoms with Crippen LogP contribution in [-0.2, 0) is 26.1 Å². The second-order valence-electron chi connectivity index (χ2n) is 12.5. The number of pyridine rings is 3. The fourth-order valence-electron chi connectivity index (χ4n) is 5.72. The van der Waals surface area contributed by atoms with E-state index in [4.69, 9.17) is 15.2 Å². The summed E-state index contributed by atoms with van der Waals surface area (Å²) in [7, 11) is -3.31. The summed E-state index contributed by atoms with van der Waals surface area (Å²) < 4.78 is 35.9. The molecule has 3 aromatic heterocycles. The molecule has 1 aliphatic heterocycles. The van der Waals surface area contributed by atoms with Crippen LogP contribution in [0.5, 0.6) is 0 Å². The molecule has 5 N–H and O–H groups in total. The van der Waals surface area contributed by atoms with E-state index in [9.17, 15) is 13.7 Å². The Morgan fingerprint density at radius 3 is 2.55 bits per heavy atom. The highest BCUT2D eigenvalue weighted by atomic mass is 32.2. The average molecular weight is 665 g/mol. The number of ether oxygens (including phenoxy) is 2. The Bertz CT molecular complexity index is 1580. The molecule has 0 radical (unpaired) electrons. The fraction of sp³-hybridized carbons (Fsp3) is 0.529. The van der Waals surface area contributed by atoms with Gasteiger partial charge < -0.3 is 25.8 Å². The van der Waals surface area contributed by atoms with Gasteiger partial charge in [0, 0.05) is 43.6 Å². The van der Waals surface area contributed by atoms with Gasteiger partial charge in [-0.2, -0.15) is 5.26 Å². The summed E-state index contributed by atoms with van der Waals surface area (Å²) >= 11 is 0. The van der Waals surface area contributed by atoms with Gasteiger partial charge in [-0.1, -0.05) is 31.4 Å². The van der Waals surface area contributed by atoms with Gasteiger partial charge in [0.1, 0.15) is 17.5 Å². The molecule has 0 amide bonds. The molecule has 2 aliphatic rings. The smallest absolute Gasteiger partial charge is 0.230 e. The summed E-state index contributed by atoms with van der Waals surface area (Å²) in [6, 6.07) is 16.2. The van der Waals surface area contributed by atoms with Crippen molar-refractivity contribution in [3.05, 3.63) is 59.9 Å². The van der Waals surface area contributed by atoms with E-state index in [-0.39, 0.29) is 5.41 Å². The minimum atomic E-state index is -3.31. The van der Waals surface area contributed by atoms with E-state index >= 15 is 0 Å². The Morgan fingerprint density at radius 2 is 1.83 bits per heavy atom. The Morgan fingerprint density at radius 1 is 1.11 bits per heavy atom. The van der Waals surface area contributed by atoms with E-state index in [1.54, 1.807) is 18.3 Å². The molecule has 3 aromatic rings. The van der Waals surface area contributed by atoms with Gasteiger partial charge in [0.05, 0.1) is 42.3 Å². The van der Waals surface area contributed by atoms with Gasteiger partial charge in [0.25, 0.3) is 0 Å². The molecule has 1 saturated heterocycles. The molecule has 1 atom stereocenters. The number of nitriles is 1. The van der Waals surface area contributed by atoms with Crippen molar-refractivity contribution >= 4 is 27.5 Å². The van der Waals surface area contributed by atoms with E-state index in [0.717, 1.165) is 41.7 Å². The molecule has 13 heteroatoms. The lowest BCUT2D eigenvalue weighted by Crippen LogP contribution is -2.40. The summed E-state index contributed by atoms with van der Waals surface area (Å²) in [6.07, 6.45) is 10.8. The van der Waals surface area contributed by atoms with Crippen LogP contribution in [0, 0.1) is 23.7 Å². The molecule has 5 rings (SSSR count). The molecule has 254 valence electrons. The zero-order valence-electron chi connectivity index (χ0n) is 27.7. The number of hydrogen-bond acceptors (Lipinski definition) is 11. The second-order valence-corrected chi connectivity index (χ2v) is 14.2. The second kappa shape index (κ2) is 17.4. The first-order valence-electron chi connectivity index (χ1n) is 16.2. The van der Waals surface area contributed by atoms with Crippen LogP contribution in [0.1, 0.15) is 63.1 Å². The third kappa shape index (κ3) is 12.0. The van der Waals surface area contributed by atoms with Gasteiger partial charge in [0.15, 0.2) is 0 Å². The quantitative estimate of drug-likeness (QED) is 0.204. The number of anilines is 3. The number of nitrogens with two attached hydrogens (primary N) is 1. The summed E-state index contributed by atoms with van der Waals surface area (Å²) in [5.41, 5.74) is 8.94. The van der Waals surface area contributed by atoms with Crippen molar-refractivity contribution in [2.24, 2.45) is 5.41 Å². The highest BCUT2D eigenvalue weighted by Crippen LogP contribution is 2.30. The minimum Gasteiger partial charge on any atom is -0.384 e. The summed E-state index contributed by atoms with van der Waals surface area (Å²) in [4.78, 5) is 13.0. The molecular weight excluding hydrogens is 616 g/mol. The number of nitrogens with zero attached hydrogens (tertiary/aromatic N) is 4. The van der Waals surface area contributed by atoms with Crippen LogP contribution in [0.4, 0.5) is 17.5 Å². The maximum absolute atomic E-state index is 11.2. The first-order chi connectivity index (χ1) is 22.5. The van der Waals surface area contributed by atoms with E-state index in [1.165, 1.54) is 32.1 Å². The highest BCUT2D eigenvalue weighted by molar-refractivity contribution is 7.92. The minimum absolute atomic E-state index is 0.301. The van der Waals surface area contributed by atoms with Crippen molar-refractivity contribution in [1.29, 1.82) is 5.26 Å². The van der Waals surface area contributed by atoms with E-state index in [2.05, 4.69) is 43.3 Å². The predicted octanol–water partition coefficient (Wildman–Crippen LogP) is 5.05.